The van der Waals surface area contributed by atoms with E-state index in [1.165, 1.54) is 0 Å². The van der Waals surface area contributed by atoms with Gasteiger partial charge in [-0.2, -0.15) is 0 Å². The molecule has 29 heavy (non-hydrogen) atoms. The van der Waals surface area contributed by atoms with Crippen molar-refractivity contribution in [3.63, 3.8) is 0 Å². The number of carbonyl (C=O) groups is 2. The fourth-order valence-corrected chi connectivity index (χ4v) is 3.69. The number of hydrogen-bond acceptors (Lipinski definition) is 4. The fourth-order valence-electron chi connectivity index (χ4n) is 3.69. The lowest BCUT2D eigenvalue weighted by molar-refractivity contribution is -0.117. The van der Waals surface area contributed by atoms with E-state index in [2.05, 4.69) is 5.32 Å². The van der Waals surface area contributed by atoms with Gasteiger partial charge in [-0.15, -0.1) is 0 Å². The molecule has 1 N–H and O–H groups in total. The maximum absolute atomic E-state index is 12.5. The molecule has 2 aliphatic rings. The summed E-state index contributed by atoms with van der Waals surface area (Å²) in [6.45, 7) is 2.51. The van der Waals surface area contributed by atoms with Crippen molar-refractivity contribution in [3.8, 4) is 5.75 Å². The molecule has 2 saturated heterocycles. The smallest absolute Gasteiger partial charge is 0.251 e. The van der Waals surface area contributed by atoms with Crippen LogP contribution in [0.15, 0.2) is 48.5 Å². The second-order valence-corrected chi connectivity index (χ2v) is 7.47. The molecule has 2 aliphatic heterocycles. The molecule has 2 heterocycles. The Hall–Kier alpha value is -2.86. The number of rotatable bonds is 7. The minimum Gasteiger partial charge on any atom is -0.491 e. The number of hydrogen-bond donors (Lipinski definition) is 1. The van der Waals surface area contributed by atoms with Crippen LogP contribution in [0.1, 0.15) is 41.6 Å². The van der Waals surface area contributed by atoms with Gasteiger partial charge in [0, 0.05) is 37.4 Å². The highest BCUT2D eigenvalue weighted by atomic mass is 16.5. The van der Waals surface area contributed by atoms with Gasteiger partial charge in [-0.1, -0.05) is 18.2 Å². The Labute approximate surface area is 170 Å². The van der Waals surface area contributed by atoms with Crippen LogP contribution < -0.4 is 15.0 Å². The quantitative estimate of drug-likeness (QED) is 0.782. The first-order valence-electron chi connectivity index (χ1n) is 10.2. The highest BCUT2D eigenvalue weighted by Gasteiger charge is 2.21. The van der Waals surface area contributed by atoms with E-state index in [-0.39, 0.29) is 17.9 Å². The van der Waals surface area contributed by atoms with Crippen LogP contribution in [-0.4, -0.2) is 37.7 Å². The molecule has 4 rings (SSSR count). The number of anilines is 1. The maximum atomic E-state index is 12.5. The summed E-state index contributed by atoms with van der Waals surface area (Å²) in [6.07, 6.45) is 3.77. The van der Waals surface area contributed by atoms with E-state index < -0.39 is 0 Å². The van der Waals surface area contributed by atoms with Gasteiger partial charge in [-0.05, 0) is 55.2 Å². The zero-order valence-corrected chi connectivity index (χ0v) is 16.4. The number of nitrogens with one attached hydrogen (secondary N) is 1. The lowest BCUT2D eigenvalue weighted by Gasteiger charge is -2.16. The van der Waals surface area contributed by atoms with Gasteiger partial charge in [0.15, 0.2) is 0 Å². The van der Waals surface area contributed by atoms with E-state index >= 15 is 0 Å². The lowest BCUT2D eigenvalue weighted by Crippen LogP contribution is -2.24. The van der Waals surface area contributed by atoms with Crippen molar-refractivity contribution in [2.24, 2.45) is 0 Å². The molecule has 0 saturated carbocycles. The molecular weight excluding hydrogens is 368 g/mol. The Bertz CT molecular complexity index is 859. The first-order valence-corrected chi connectivity index (χ1v) is 10.2. The van der Waals surface area contributed by atoms with Crippen molar-refractivity contribution in [3.05, 3.63) is 59.7 Å². The first-order chi connectivity index (χ1) is 14.2. The average molecular weight is 394 g/mol. The van der Waals surface area contributed by atoms with Crippen LogP contribution in [0.3, 0.4) is 0 Å². The molecule has 1 atom stereocenters. The Morgan fingerprint density at radius 2 is 2.03 bits per heavy atom. The van der Waals surface area contributed by atoms with E-state index in [0.717, 1.165) is 43.7 Å². The Kier molecular flexibility index (Phi) is 6.10. The van der Waals surface area contributed by atoms with E-state index in [9.17, 15) is 9.59 Å². The number of carbonyl (C=O) groups excluding carboxylic acids is 2. The highest BCUT2D eigenvalue weighted by molar-refractivity contribution is 5.95. The summed E-state index contributed by atoms with van der Waals surface area (Å²) in [7, 11) is 0. The van der Waals surface area contributed by atoms with Gasteiger partial charge >= 0.3 is 0 Å². The summed E-state index contributed by atoms with van der Waals surface area (Å²) < 4.78 is 11.3. The Morgan fingerprint density at radius 3 is 2.76 bits per heavy atom. The fraction of sp³-hybridized carbons (Fsp3) is 0.391. The van der Waals surface area contributed by atoms with Gasteiger partial charge < -0.3 is 19.7 Å². The molecular formula is C23H26N2O4. The zero-order chi connectivity index (χ0) is 20.1. The van der Waals surface area contributed by atoms with E-state index in [1.807, 2.05) is 41.3 Å². The van der Waals surface area contributed by atoms with Crippen molar-refractivity contribution in [1.82, 2.24) is 5.32 Å². The van der Waals surface area contributed by atoms with Crippen molar-refractivity contribution < 1.29 is 19.1 Å². The zero-order valence-electron chi connectivity index (χ0n) is 16.4. The minimum absolute atomic E-state index is 0.145. The molecule has 0 aromatic heterocycles. The third-order valence-electron chi connectivity index (χ3n) is 5.33. The number of benzene rings is 2. The second kappa shape index (κ2) is 9.09. The lowest BCUT2D eigenvalue weighted by atomic mass is 10.1. The molecule has 0 aliphatic carbocycles. The maximum Gasteiger partial charge on any atom is 0.251 e. The molecule has 0 radical (unpaired) electrons. The summed E-state index contributed by atoms with van der Waals surface area (Å²) in [5, 5.41) is 2.94. The third kappa shape index (κ3) is 4.95. The first kappa shape index (κ1) is 19.5. The van der Waals surface area contributed by atoms with Crippen molar-refractivity contribution in [2.75, 3.05) is 24.7 Å². The molecule has 152 valence electrons. The summed E-state index contributed by atoms with van der Waals surface area (Å²) in [5.74, 6) is 0.701. The number of ether oxygens (including phenoxy) is 2. The summed E-state index contributed by atoms with van der Waals surface area (Å²) in [6, 6.07) is 15.0. The second-order valence-electron chi connectivity index (χ2n) is 7.47. The van der Waals surface area contributed by atoms with Crippen LogP contribution in [-0.2, 0) is 16.1 Å². The van der Waals surface area contributed by atoms with Gasteiger partial charge in [0.05, 0.1) is 6.10 Å². The summed E-state index contributed by atoms with van der Waals surface area (Å²) >= 11 is 0. The largest absolute Gasteiger partial charge is 0.491 e. The molecule has 0 bridgehead atoms. The van der Waals surface area contributed by atoms with E-state index in [0.29, 0.717) is 30.9 Å². The van der Waals surface area contributed by atoms with Crippen LogP contribution in [0.5, 0.6) is 5.75 Å². The minimum atomic E-state index is -0.147. The van der Waals surface area contributed by atoms with Gasteiger partial charge in [0.25, 0.3) is 5.91 Å². The number of nitrogens with zero attached hydrogens (tertiary/aromatic N) is 1. The number of amides is 2. The van der Waals surface area contributed by atoms with Gasteiger partial charge in [-0.25, -0.2) is 0 Å². The molecule has 1 unspecified atom stereocenters. The third-order valence-corrected chi connectivity index (χ3v) is 5.33. The van der Waals surface area contributed by atoms with Crippen LogP contribution in [0.4, 0.5) is 5.69 Å². The molecule has 2 fully saturated rings. The van der Waals surface area contributed by atoms with Crippen LogP contribution in [0.25, 0.3) is 0 Å². The van der Waals surface area contributed by atoms with Gasteiger partial charge in [0.1, 0.15) is 12.4 Å². The van der Waals surface area contributed by atoms with Gasteiger partial charge in [0.2, 0.25) is 5.91 Å². The Balaban J connectivity index is 1.30. The topological polar surface area (TPSA) is 67.9 Å². The van der Waals surface area contributed by atoms with E-state index in [1.54, 1.807) is 12.1 Å². The standard InChI is InChI=1S/C23H26N2O4/c26-22-7-2-12-25(22)19-10-8-17(9-11-19)15-24-23(27)18-4-1-5-20(14-18)29-16-21-6-3-13-28-21/h1,4-5,8-11,14,21H,2-3,6-7,12-13,15-16H2,(H,24,27). The average Bonchev–Trinajstić information content (AvgIpc) is 3.43. The summed E-state index contributed by atoms with van der Waals surface area (Å²) in [5.41, 5.74) is 2.47. The molecule has 0 spiro atoms. The molecule has 6 heteroatoms. The molecule has 2 aromatic rings. The SMILES string of the molecule is O=C(NCc1ccc(N2CCCC2=O)cc1)c1cccc(OCC2CCCO2)c1. The van der Waals surface area contributed by atoms with Crippen LogP contribution in [0.2, 0.25) is 0 Å². The van der Waals surface area contributed by atoms with Crippen LogP contribution >= 0.6 is 0 Å². The molecule has 6 nitrogen and oxygen atoms in total. The predicted octanol–water partition coefficient (Wildman–Crippen LogP) is 3.30. The van der Waals surface area contributed by atoms with Crippen molar-refractivity contribution in [1.29, 1.82) is 0 Å². The predicted molar refractivity (Wildman–Crippen MR) is 110 cm³/mol. The molecule has 2 aromatic carbocycles. The summed E-state index contributed by atoms with van der Waals surface area (Å²) in [4.78, 5) is 26.1. The normalized spacial score (nSPS) is 18.8. The van der Waals surface area contributed by atoms with Crippen molar-refractivity contribution >= 4 is 17.5 Å². The van der Waals surface area contributed by atoms with E-state index in [4.69, 9.17) is 9.47 Å². The molecule has 2 amide bonds. The van der Waals surface area contributed by atoms with Crippen molar-refractivity contribution in [2.45, 2.75) is 38.3 Å². The monoisotopic (exact) mass is 394 g/mol. The van der Waals surface area contributed by atoms with Gasteiger partial charge in [-0.3, -0.25) is 9.59 Å². The highest BCUT2D eigenvalue weighted by Crippen LogP contribution is 2.22. The van der Waals surface area contributed by atoms with Crippen LogP contribution in [0, 0.1) is 0 Å². The Morgan fingerprint density at radius 1 is 1.17 bits per heavy atom.